The van der Waals surface area contributed by atoms with Crippen molar-refractivity contribution in [2.24, 2.45) is 0 Å². The smallest absolute Gasteiger partial charge is 0.285 e. The van der Waals surface area contributed by atoms with Crippen LogP contribution in [0.25, 0.3) is 17.1 Å². The third-order valence-corrected chi connectivity index (χ3v) is 6.16. The van der Waals surface area contributed by atoms with E-state index in [-0.39, 0.29) is 5.91 Å². The lowest BCUT2D eigenvalue weighted by molar-refractivity contribution is 0.0789. The molecule has 1 amide bonds. The van der Waals surface area contributed by atoms with E-state index in [4.69, 9.17) is 23.2 Å². The third kappa shape index (κ3) is 4.89. The second kappa shape index (κ2) is 9.52. The zero-order valence-corrected chi connectivity index (χ0v) is 19.3. The molecule has 5 nitrogen and oxygen atoms in total. The maximum Gasteiger partial charge on any atom is 0.285 e. The van der Waals surface area contributed by atoms with Gasteiger partial charge in [-0.2, -0.15) is 0 Å². The minimum atomic E-state index is -0.223. The van der Waals surface area contributed by atoms with Gasteiger partial charge < -0.3 is 0 Å². The Balaban J connectivity index is 1.71. The molecule has 8 heteroatoms. The molecule has 0 bridgehead atoms. The van der Waals surface area contributed by atoms with Gasteiger partial charge in [-0.1, -0.05) is 52.0 Å². The van der Waals surface area contributed by atoms with Gasteiger partial charge in [-0.05, 0) is 55.3 Å². The average molecular weight is 508 g/mol. The van der Waals surface area contributed by atoms with Gasteiger partial charge >= 0.3 is 0 Å². The molecule has 1 aliphatic rings. The molecule has 1 N–H and O–H groups in total. The molecule has 0 saturated carbocycles. The monoisotopic (exact) mass is 506 g/mol. The minimum absolute atomic E-state index is 0.223. The average Bonchev–Trinajstić information content (AvgIpc) is 3.00. The normalized spacial score (nSPS) is 15.0. The van der Waals surface area contributed by atoms with E-state index in [9.17, 15) is 4.79 Å². The van der Waals surface area contributed by atoms with Gasteiger partial charge in [0.2, 0.25) is 0 Å². The van der Waals surface area contributed by atoms with Crippen LogP contribution < -0.4 is 5.43 Å². The van der Waals surface area contributed by atoms with E-state index in [1.165, 1.54) is 12.8 Å². The molecule has 1 aromatic heterocycles. The minimum Gasteiger partial charge on any atom is -0.299 e. The number of aromatic nitrogens is 2. The molecule has 0 radical (unpaired) electrons. The van der Waals surface area contributed by atoms with Crippen molar-refractivity contribution in [1.29, 1.82) is 0 Å². The highest BCUT2D eigenvalue weighted by atomic mass is 79.9. The van der Waals surface area contributed by atoms with E-state index in [0.717, 1.165) is 36.1 Å². The number of hydrogen-bond donors (Lipinski definition) is 1. The number of hydrogen-bond acceptors (Lipinski definition) is 3. The number of benzene rings is 2. The molecule has 1 aliphatic heterocycles. The number of imidazole rings is 1. The highest BCUT2D eigenvalue weighted by Gasteiger charge is 2.20. The maximum atomic E-state index is 13.0. The Morgan fingerprint density at radius 1 is 1.00 bits per heavy atom. The van der Waals surface area contributed by atoms with Crippen LogP contribution in [0.4, 0.5) is 0 Å². The first kappa shape index (κ1) is 21.4. The van der Waals surface area contributed by atoms with Crippen LogP contribution in [0, 0.1) is 0 Å². The molecule has 30 heavy (non-hydrogen) atoms. The van der Waals surface area contributed by atoms with Gasteiger partial charge in [0.25, 0.3) is 5.91 Å². The largest absolute Gasteiger partial charge is 0.299 e. The van der Waals surface area contributed by atoms with Crippen LogP contribution >= 0.6 is 39.1 Å². The van der Waals surface area contributed by atoms with Crippen LogP contribution in [0.15, 0.2) is 53.1 Å². The van der Waals surface area contributed by atoms with E-state index in [1.807, 2.05) is 39.9 Å². The molecule has 4 rings (SSSR count). The molecule has 0 aliphatic carbocycles. The predicted octanol–water partition coefficient (Wildman–Crippen LogP) is 6.13. The van der Waals surface area contributed by atoms with Crippen molar-refractivity contribution < 1.29 is 4.79 Å². The van der Waals surface area contributed by atoms with Crippen molar-refractivity contribution in [2.45, 2.75) is 25.7 Å². The lowest BCUT2D eigenvalue weighted by Crippen LogP contribution is -2.42. The van der Waals surface area contributed by atoms with E-state index < -0.39 is 0 Å². The van der Waals surface area contributed by atoms with Gasteiger partial charge in [0, 0.05) is 40.0 Å². The van der Waals surface area contributed by atoms with E-state index in [2.05, 4.69) is 26.3 Å². The Morgan fingerprint density at radius 2 is 1.70 bits per heavy atom. The molecule has 0 unspecified atom stereocenters. The summed E-state index contributed by atoms with van der Waals surface area (Å²) in [7, 11) is 0. The summed E-state index contributed by atoms with van der Waals surface area (Å²) in [5, 5.41) is 3.01. The second-order valence-electron chi connectivity index (χ2n) is 7.26. The first-order valence-corrected chi connectivity index (χ1v) is 11.4. The summed E-state index contributed by atoms with van der Waals surface area (Å²) in [6.07, 6.45) is 6.31. The fraction of sp³-hybridized carbons (Fsp3) is 0.273. The second-order valence-corrected chi connectivity index (χ2v) is 9.02. The molecular weight excluding hydrogens is 487 g/mol. The fourth-order valence-corrected chi connectivity index (χ4v) is 4.29. The summed E-state index contributed by atoms with van der Waals surface area (Å²) in [5.74, 6) is 0.360. The van der Waals surface area contributed by atoms with E-state index in [1.54, 1.807) is 18.3 Å². The van der Waals surface area contributed by atoms with Crippen molar-refractivity contribution in [1.82, 2.24) is 20.0 Å². The fourth-order valence-electron chi connectivity index (χ4n) is 3.53. The standard InChI is InChI=1S/C22H21BrCl2N4O/c23-15-5-8-17(9-6-15)29-14-20(22(30)27-28-11-3-1-2-4-12-28)26-21(29)18-10-7-16(24)13-19(18)25/h5-10,13-14H,1-4,11-12H2,(H,27,30). The summed E-state index contributed by atoms with van der Waals surface area (Å²) in [6.45, 7) is 1.71. The summed E-state index contributed by atoms with van der Waals surface area (Å²) < 4.78 is 2.84. The highest BCUT2D eigenvalue weighted by molar-refractivity contribution is 9.10. The third-order valence-electron chi connectivity index (χ3n) is 5.08. The SMILES string of the molecule is O=C(NN1CCCCCC1)c1cn(-c2ccc(Br)cc2)c(-c2ccc(Cl)cc2Cl)n1. The zero-order valence-electron chi connectivity index (χ0n) is 16.2. The number of hydrazine groups is 1. The molecule has 1 fully saturated rings. The van der Waals surface area contributed by atoms with Crippen LogP contribution in [0.2, 0.25) is 10.0 Å². The first-order chi connectivity index (χ1) is 14.5. The van der Waals surface area contributed by atoms with Crippen LogP contribution in [0.1, 0.15) is 36.2 Å². The molecule has 156 valence electrons. The number of carbonyl (C=O) groups excluding carboxylic acids is 1. The Morgan fingerprint density at radius 3 is 2.37 bits per heavy atom. The Hall–Kier alpha value is -1.86. The van der Waals surface area contributed by atoms with Crippen molar-refractivity contribution in [3.05, 3.63) is 68.9 Å². The Kier molecular flexibility index (Phi) is 6.78. The molecule has 1 saturated heterocycles. The Labute approximate surface area is 194 Å². The number of carbonyl (C=O) groups is 1. The first-order valence-electron chi connectivity index (χ1n) is 9.88. The molecular formula is C22H21BrCl2N4O. The van der Waals surface area contributed by atoms with Crippen molar-refractivity contribution >= 4 is 45.0 Å². The van der Waals surface area contributed by atoms with Gasteiger partial charge in [-0.15, -0.1) is 0 Å². The molecule has 0 spiro atoms. The van der Waals surface area contributed by atoms with Crippen molar-refractivity contribution in [2.75, 3.05) is 13.1 Å². The van der Waals surface area contributed by atoms with Crippen molar-refractivity contribution in [3.8, 4) is 17.1 Å². The quantitative estimate of drug-likeness (QED) is 0.462. The van der Waals surface area contributed by atoms with E-state index in [0.29, 0.717) is 27.1 Å². The van der Waals surface area contributed by atoms with Crippen LogP contribution in [-0.4, -0.2) is 33.6 Å². The highest BCUT2D eigenvalue weighted by Crippen LogP contribution is 2.32. The summed E-state index contributed by atoms with van der Waals surface area (Å²) >= 11 is 16.0. The summed E-state index contributed by atoms with van der Waals surface area (Å²) in [5.41, 5.74) is 4.93. The number of amides is 1. The molecule has 2 heterocycles. The van der Waals surface area contributed by atoms with Gasteiger partial charge in [0.1, 0.15) is 11.5 Å². The van der Waals surface area contributed by atoms with Gasteiger partial charge in [-0.3, -0.25) is 14.8 Å². The van der Waals surface area contributed by atoms with Gasteiger partial charge in [-0.25, -0.2) is 9.99 Å². The number of rotatable bonds is 4. The number of nitrogens with zero attached hydrogens (tertiary/aromatic N) is 3. The molecule has 3 aromatic rings. The predicted molar refractivity (Wildman–Crippen MR) is 124 cm³/mol. The van der Waals surface area contributed by atoms with Gasteiger partial charge in [0.15, 0.2) is 0 Å². The topological polar surface area (TPSA) is 50.2 Å². The number of halogens is 3. The lowest BCUT2D eigenvalue weighted by Gasteiger charge is -2.19. The lowest BCUT2D eigenvalue weighted by atomic mass is 10.2. The van der Waals surface area contributed by atoms with Gasteiger partial charge in [0.05, 0.1) is 5.02 Å². The van der Waals surface area contributed by atoms with Crippen LogP contribution in [-0.2, 0) is 0 Å². The Bertz CT molecular complexity index is 1040. The molecule has 0 atom stereocenters. The van der Waals surface area contributed by atoms with Crippen LogP contribution in [0.3, 0.4) is 0 Å². The van der Waals surface area contributed by atoms with E-state index >= 15 is 0 Å². The maximum absolute atomic E-state index is 13.0. The zero-order chi connectivity index (χ0) is 21.1. The molecule has 2 aromatic carbocycles. The van der Waals surface area contributed by atoms with Crippen molar-refractivity contribution in [3.63, 3.8) is 0 Å². The van der Waals surface area contributed by atoms with Crippen LogP contribution in [0.5, 0.6) is 0 Å². The summed E-state index contributed by atoms with van der Waals surface area (Å²) in [6, 6.07) is 13.1. The number of nitrogens with one attached hydrogen (secondary N) is 1. The summed E-state index contributed by atoms with van der Waals surface area (Å²) in [4.78, 5) is 17.6.